The number of rotatable bonds is 8. The molecule has 154 valence electrons. The van der Waals surface area contributed by atoms with Crippen LogP contribution >= 0.6 is 0 Å². The molecule has 0 spiro atoms. The molecule has 0 amide bonds. The van der Waals surface area contributed by atoms with E-state index in [0.29, 0.717) is 24.4 Å². The van der Waals surface area contributed by atoms with Crippen LogP contribution in [0.3, 0.4) is 0 Å². The van der Waals surface area contributed by atoms with E-state index in [9.17, 15) is 5.11 Å². The molecule has 1 aliphatic carbocycles. The van der Waals surface area contributed by atoms with Gasteiger partial charge in [-0.15, -0.1) is 0 Å². The van der Waals surface area contributed by atoms with Crippen molar-refractivity contribution in [3.05, 3.63) is 131 Å². The van der Waals surface area contributed by atoms with E-state index in [4.69, 9.17) is 4.74 Å². The van der Waals surface area contributed by atoms with Crippen molar-refractivity contribution >= 4 is 12.7 Å². The van der Waals surface area contributed by atoms with Gasteiger partial charge in [0.15, 0.2) is 0 Å². The first-order chi connectivity index (χ1) is 14.2. The van der Waals surface area contributed by atoms with Gasteiger partial charge in [0.1, 0.15) is 12.4 Å². The van der Waals surface area contributed by atoms with Gasteiger partial charge < -0.3 is 9.84 Å². The van der Waals surface area contributed by atoms with Gasteiger partial charge in [-0.1, -0.05) is 81.5 Å². The van der Waals surface area contributed by atoms with Gasteiger partial charge in [0, 0.05) is 0 Å². The Balaban J connectivity index is 1.91. The van der Waals surface area contributed by atoms with Gasteiger partial charge in [0.05, 0.1) is 6.10 Å². The molecule has 1 aromatic rings. The molecule has 0 fully saturated rings. The van der Waals surface area contributed by atoms with Crippen LogP contribution in [0.2, 0.25) is 0 Å². The van der Waals surface area contributed by atoms with Crippen molar-refractivity contribution in [3.63, 3.8) is 0 Å². The lowest BCUT2D eigenvalue weighted by atomic mass is 9.92. The van der Waals surface area contributed by atoms with Crippen molar-refractivity contribution in [2.45, 2.75) is 19.4 Å². The van der Waals surface area contributed by atoms with Crippen molar-refractivity contribution in [1.29, 1.82) is 0 Å². The van der Waals surface area contributed by atoms with Gasteiger partial charge in [0.2, 0.25) is 0 Å². The second-order valence-corrected chi connectivity index (χ2v) is 7.42. The van der Waals surface area contributed by atoms with Gasteiger partial charge in [-0.2, -0.15) is 0 Å². The molecule has 0 heterocycles. The molecule has 0 radical (unpaired) electrons. The minimum Gasteiger partial charge on any atom is -0.490 e. The zero-order valence-electron chi connectivity index (χ0n) is 17.8. The van der Waals surface area contributed by atoms with E-state index < -0.39 is 6.10 Å². The van der Waals surface area contributed by atoms with Crippen LogP contribution in [-0.2, 0) is 4.74 Å². The summed E-state index contributed by atoms with van der Waals surface area (Å²) in [5.41, 5.74) is 5.00. The summed E-state index contributed by atoms with van der Waals surface area (Å²) in [6.45, 7) is 26.4. The van der Waals surface area contributed by atoms with Crippen molar-refractivity contribution in [2.75, 3.05) is 6.61 Å². The Labute approximate surface area is 179 Å². The molecule has 1 unspecified atom stereocenters. The minimum atomic E-state index is -0.546. The van der Waals surface area contributed by atoms with Gasteiger partial charge in [-0.25, -0.2) is 0 Å². The second kappa shape index (κ2) is 10.4. The Hall–Kier alpha value is -3.36. The molecule has 2 heteroatoms. The standard InChI is InChI=1S/C28H30O2/c1-19-11-14-26(23(5)15-19)16-20(2)18-30-24(6)13-12-21(3)22(4)17-27-9-8-10-28(29)25(27)7/h8-9,11-17,28-29H,2-7,10,18H2,1H3/b13-12-,26-16-,27-17-. The normalized spacial score (nSPS) is 18.1. The van der Waals surface area contributed by atoms with Crippen LogP contribution in [-0.4, -0.2) is 17.8 Å². The van der Waals surface area contributed by atoms with E-state index in [1.807, 2.05) is 49.4 Å². The van der Waals surface area contributed by atoms with Gasteiger partial charge in [-0.3, -0.25) is 0 Å². The lowest BCUT2D eigenvalue weighted by molar-refractivity contribution is 0.215. The highest BCUT2D eigenvalue weighted by molar-refractivity contribution is 5.53. The highest BCUT2D eigenvalue weighted by Gasteiger charge is 2.14. The number of ether oxygens (including phenoxy) is 1. The van der Waals surface area contributed by atoms with E-state index in [1.165, 1.54) is 5.56 Å². The van der Waals surface area contributed by atoms with Crippen molar-refractivity contribution in [2.24, 2.45) is 0 Å². The molecule has 1 aromatic carbocycles. The van der Waals surface area contributed by atoms with E-state index >= 15 is 0 Å². The maximum absolute atomic E-state index is 9.90. The molecule has 0 saturated carbocycles. The van der Waals surface area contributed by atoms with Crippen molar-refractivity contribution in [3.8, 4) is 0 Å². The lowest BCUT2D eigenvalue weighted by Gasteiger charge is -2.18. The van der Waals surface area contributed by atoms with Crippen LogP contribution in [0, 0.1) is 6.92 Å². The molecule has 2 nitrogen and oxygen atoms in total. The number of benzene rings is 1. The van der Waals surface area contributed by atoms with E-state index in [0.717, 1.165) is 32.7 Å². The van der Waals surface area contributed by atoms with E-state index in [-0.39, 0.29) is 0 Å². The number of hydrogen-bond donors (Lipinski definition) is 1. The molecule has 0 bridgehead atoms. The van der Waals surface area contributed by atoms with Crippen LogP contribution in [0.25, 0.3) is 12.7 Å². The summed E-state index contributed by atoms with van der Waals surface area (Å²) in [5, 5.41) is 11.9. The molecule has 2 rings (SSSR count). The van der Waals surface area contributed by atoms with Gasteiger partial charge in [-0.05, 0) is 69.9 Å². The highest BCUT2D eigenvalue weighted by Crippen LogP contribution is 2.24. The number of allylic oxidation sites excluding steroid dienone is 6. The number of hydrogen-bond acceptors (Lipinski definition) is 2. The quantitative estimate of drug-likeness (QED) is 0.506. The Morgan fingerprint density at radius 2 is 1.83 bits per heavy atom. The molecule has 0 aromatic heterocycles. The summed E-state index contributed by atoms with van der Waals surface area (Å²) in [5.74, 6) is 0.502. The highest BCUT2D eigenvalue weighted by atomic mass is 16.5. The second-order valence-electron chi connectivity index (χ2n) is 7.42. The smallest absolute Gasteiger partial charge is 0.113 e. The summed E-state index contributed by atoms with van der Waals surface area (Å²) in [7, 11) is 0. The SMILES string of the molecule is C=C(/C=c1/ccc(C)cc1=C)COC(=C)/C=C\C(=C)C(=C)/C=C1/C=CCC(O)C1=C. The lowest BCUT2D eigenvalue weighted by Crippen LogP contribution is -2.23. The summed E-state index contributed by atoms with van der Waals surface area (Å²) in [4.78, 5) is 0. The molecular formula is C28H30O2. The number of aryl methyl sites for hydroxylation is 1. The largest absolute Gasteiger partial charge is 0.490 e. The monoisotopic (exact) mass is 398 g/mol. The van der Waals surface area contributed by atoms with Gasteiger partial charge in [0.25, 0.3) is 0 Å². The van der Waals surface area contributed by atoms with Crippen molar-refractivity contribution in [1.82, 2.24) is 0 Å². The molecule has 0 aliphatic heterocycles. The minimum absolute atomic E-state index is 0.330. The zero-order valence-corrected chi connectivity index (χ0v) is 17.8. The molecule has 30 heavy (non-hydrogen) atoms. The summed E-state index contributed by atoms with van der Waals surface area (Å²) < 4.78 is 5.67. The Kier molecular flexibility index (Phi) is 7.97. The topological polar surface area (TPSA) is 29.5 Å². The van der Waals surface area contributed by atoms with Gasteiger partial charge >= 0.3 is 0 Å². The summed E-state index contributed by atoms with van der Waals surface area (Å²) in [6.07, 6.45) is 11.3. The summed E-state index contributed by atoms with van der Waals surface area (Å²) in [6, 6.07) is 6.11. The fourth-order valence-corrected chi connectivity index (χ4v) is 2.86. The van der Waals surface area contributed by atoms with Crippen LogP contribution in [0.5, 0.6) is 0 Å². The number of aliphatic hydroxyl groups is 1. The maximum atomic E-state index is 9.90. The fraction of sp³-hybridized carbons (Fsp3) is 0.143. The molecule has 1 N–H and O–H groups in total. The third kappa shape index (κ3) is 6.61. The Morgan fingerprint density at radius 3 is 2.53 bits per heavy atom. The predicted molar refractivity (Wildman–Crippen MR) is 129 cm³/mol. The summed E-state index contributed by atoms with van der Waals surface area (Å²) >= 11 is 0. The Bertz CT molecular complexity index is 1090. The first-order valence-electron chi connectivity index (χ1n) is 9.76. The third-order valence-corrected chi connectivity index (χ3v) is 4.74. The first kappa shape index (κ1) is 22.9. The third-order valence-electron chi connectivity index (χ3n) is 4.74. The molecule has 1 aliphatic rings. The molecular weight excluding hydrogens is 368 g/mol. The van der Waals surface area contributed by atoms with Crippen LogP contribution in [0.4, 0.5) is 0 Å². The van der Waals surface area contributed by atoms with E-state index in [2.05, 4.69) is 39.5 Å². The number of aliphatic hydroxyl groups excluding tert-OH is 1. The van der Waals surface area contributed by atoms with E-state index in [1.54, 1.807) is 12.2 Å². The maximum Gasteiger partial charge on any atom is 0.113 e. The predicted octanol–water partition coefficient (Wildman–Crippen LogP) is 4.74. The average molecular weight is 399 g/mol. The van der Waals surface area contributed by atoms with Crippen LogP contribution in [0.1, 0.15) is 12.0 Å². The molecule has 1 atom stereocenters. The zero-order chi connectivity index (χ0) is 22.3. The fourth-order valence-electron chi connectivity index (χ4n) is 2.86. The Morgan fingerprint density at radius 1 is 1.10 bits per heavy atom. The molecule has 0 saturated heterocycles. The first-order valence-corrected chi connectivity index (χ1v) is 9.76. The van der Waals surface area contributed by atoms with Crippen LogP contribution < -0.4 is 10.4 Å². The van der Waals surface area contributed by atoms with Crippen molar-refractivity contribution < 1.29 is 9.84 Å². The van der Waals surface area contributed by atoms with Crippen LogP contribution in [0.15, 0.2) is 115 Å². The average Bonchev–Trinajstić information content (AvgIpc) is 2.70.